The lowest BCUT2D eigenvalue weighted by atomic mass is 10.1. The lowest BCUT2D eigenvalue weighted by Gasteiger charge is -2.32. The van der Waals surface area contributed by atoms with Gasteiger partial charge in [-0.2, -0.15) is 0 Å². The Labute approximate surface area is 205 Å². The van der Waals surface area contributed by atoms with E-state index in [1.54, 1.807) is 55.5 Å². The van der Waals surface area contributed by atoms with Crippen molar-refractivity contribution in [1.82, 2.24) is 10.2 Å². The van der Waals surface area contributed by atoms with Gasteiger partial charge in [0.15, 0.2) is 0 Å². The van der Waals surface area contributed by atoms with Gasteiger partial charge in [-0.05, 0) is 44.5 Å². The van der Waals surface area contributed by atoms with E-state index in [4.69, 9.17) is 23.2 Å². The minimum absolute atomic E-state index is 0.0567. The highest BCUT2D eigenvalue weighted by Gasteiger charge is 2.31. The molecular formula is C23H29Cl2N3O4S. The number of carbonyl (C=O) groups excluding carboxylic acids is 2. The second-order valence-electron chi connectivity index (χ2n) is 7.82. The maximum absolute atomic E-state index is 13.5. The zero-order valence-electron chi connectivity index (χ0n) is 19.1. The van der Waals surface area contributed by atoms with Gasteiger partial charge in [-0.15, -0.1) is 0 Å². The zero-order valence-corrected chi connectivity index (χ0v) is 21.4. The molecular weight excluding hydrogens is 485 g/mol. The largest absolute Gasteiger partial charge is 0.352 e. The Balaban J connectivity index is 2.42. The maximum Gasteiger partial charge on any atom is 0.244 e. The Bertz CT molecular complexity index is 1060. The number of hydrogen-bond donors (Lipinski definition) is 1. The molecule has 10 heteroatoms. The van der Waals surface area contributed by atoms with E-state index in [-0.39, 0.29) is 18.5 Å². The molecule has 0 spiro atoms. The maximum atomic E-state index is 13.5. The van der Waals surface area contributed by atoms with Gasteiger partial charge in [0.1, 0.15) is 12.6 Å². The Morgan fingerprint density at radius 2 is 1.58 bits per heavy atom. The Hall–Kier alpha value is -2.29. The third-order valence-corrected chi connectivity index (χ3v) is 7.13. The van der Waals surface area contributed by atoms with Crippen LogP contribution >= 0.6 is 23.2 Å². The quantitative estimate of drug-likeness (QED) is 0.518. The fourth-order valence-corrected chi connectivity index (χ4v) is 4.48. The van der Waals surface area contributed by atoms with Gasteiger partial charge >= 0.3 is 0 Å². The molecule has 2 aromatic carbocycles. The fourth-order valence-electron chi connectivity index (χ4n) is 3.11. The molecule has 0 radical (unpaired) electrons. The normalized spacial score (nSPS) is 13.2. The van der Waals surface area contributed by atoms with Gasteiger partial charge in [-0.1, -0.05) is 54.4 Å². The first-order valence-corrected chi connectivity index (χ1v) is 13.1. The van der Waals surface area contributed by atoms with Crippen LogP contribution in [0.5, 0.6) is 0 Å². The van der Waals surface area contributed by atoms with Crippen LogP contribution in [-0.2, 0) is 26.2 Å². The molecule has 0 fully saturated rings. The van der Waals surface area contributed by atoms with Crippen LogP contribution in [0.25, 0.3) is 0 Å². The van der Waals surface area contributed by atoms with Crippen molar-refractivity contribution in [1.29, 1.82) is 0 Å². The number of carbonyl (C=O) groups is 2. The van der Waals surface area contributed by atoms with Crippen LogP contribution in [0.2, 0.25) is 10.0 Å². The summed E-state index contributed by atoms with van der Waals surface area (Å²) in [6.07, 6.45) is 1.75. The molecule has 0 aliphatic heterocycles. The summed E-state index contributed by atoms with van der Waals surface area (Å²) in [7, 11) is -3.77. The number of para-hydroxylation sites is 1. The van der Waals surface area contributed by atoms with E-state index in [1.165, 1.54) is 4.90 Å². The van der Waals surface area contributed by atoms with Crippen molar-refractivity contribution in [2.24, 2.45) is 0 Å². The molecule has 0 heterocycles. The zero-order chi connectivity index (χ0) is 24.8. The summed E-state index contributed by atoms with van der Waals surface area (Å²) in [5.41, 5.74) is 0.823. The molecule has 180 valence electrons. The summed E-state index contributed by atoms with van der Waals surface area (Å²) >= 11 is 12.6. The summed E-state index contributed by atoms with van der Waals surface area (Å²) in [4.78, 5) is 27.6. The SMILES string of the molecule is CCC(C)NC(=O)C(C)N(Cc1c(Cl)cccc1Cl)C(=O)CN(c1ccccc1)S(C)(=O)=O. The topological polar surface area (TPSA) is 86.8 Å². The van der Waals surface area contributed by atoms with Gasteiger partial charge in [-0.25, -0.2) is 8.42 Å². The van der Waals surface area contributed by atoms with Crippen molar-refractivity contribution in [2.45, 2.75) is 45.8 Å². The molecule has 7 nitrogen and oxygen atoms in total. The Kier molecular flexibility index (Phi) is 9.57. The van der Waals surface area contributed by atoms with Crippen molar-refractivity contribution < 1.29 is 18.0 Å². The van der Waals surface area contributed by atoms with Crippen molar-refractivity contribution in [2.75, 3.05) is 17.1 Å². The third-order valence-electron chi connectivity index (χ3n) is 5.28. The van der Waals surface area contributed by atoms with Crippen LogP contribution in [0.4, 0.5) is 5.69 Å². The summed E-state index contributed by atoms with van der Waals surface area (Å²) in [6.45, 7) is 4.85. The molecule has 0 saturated carbocycles. The van der Waals surface area contributed by atoms with E-state index in [1.807, 2.05) is 13.8 Å². The molecule has 0 saturated heterocycles. The minimum Gasteiger partial charge on any atom is -0.352 e. The second-order valence-corrected chi connectivity index (χ2v) is 10.5. The fraction of sp³-hybridized carbons (Fsp3) is 0.391. The number of nitrogens with one attached hydrogen (secondary N) is 1. The van der Waals surface area contributed by atoms with Crippen LogP contribution in [0.15, 0.2) is 48.5 Å². The molecule has 2 atom stereocenters. The highest BCUT2D eigenvalue weighted by atomic mass is 35.5. The molecule has 0 aromatic heterocycles. The number of amides is 2. The second kappa shape index (κ2) is 11.7. The van der Waals surface area contributed by atoms with E-state index in [0.29, 0.717) is 21.3 Å². The van der Waals surface area contributed by atoms with Crippen LogP contribution in [0.1, 0.15) is 32.8 Å². The summed E-state index contributed by atoms with van der Waals surface area (Å²) in [5.74, 6) is -0.918. The molecule has 2 aromatic rings. The molecule has 1 N–H and O–H groups in total. The predicted octanol–water partition coefficient (Wildman–Crippen LogP) is 4.09. The summed E-state index contributed by atoms with van der Waals surface area (Å²) < 4.78 is 26.0. The molecule has 0 bridgehead atoms. The summed E-state index contributed by atoms with van der Waals surface area (Å²) in [6, 6.07) is 12.3. The van der Waals surface area contributed by atoms with E-state index in [2.05, 4.69) is 5.32 Å². The number of benzene rings is 2. The predicted molar refractivity (Wildman–Crippen MR) is 133 cm³/mol. The highest BCUT2D eigenvalue weighted by molar-refractivity contribution is 7.92. The van der Waals surface area contributed by atoms with Crippen LogP contribution in [0.3, 0.4) is 0 Å². The first kappa shape index (κ1) is 27.0. The average molecular weight is 514 g/mol. The van der Waals surface area contributed by atoms with E-state index < -0.39 is 28.5 Å². The number of nitrogens with zero attached hydrogens (tertiary/aromatic N) is 2. The van der Waals surface area contributed by atoms with Crippen molar-refractivity contribution in [3.05, 3.63) is 64.1 Å². The van der Waals surface area contributed by atoms with Crippen molar-refractivity contribution >= 4 is 50.7 Å². The Morgan fingerprint density at radius 1 is 1.00 bits per heavy atom. The molecule has 0 aliphatic carbocycles. The van der Waals surface area contributed by atoms with Gasteiger partial charge < -0.3 is 10.2 Å². The lowest BCUT2D eigenvalue weighted by Crippen LogP contribution is -2.52. The van der Waals surface area contributed by atoms with Gasteiger partial charge in [0, 0.05) is 28.2 Å². The van der Waals surface area contributed by atoms with Gasteiger partial charge in [-0.3, -0.25) is 13.9 Å². The molecule has 0 aliphatic rings. The summed E-state index contributed by atoms with van der Waals surface area (Å²) in [5, 5.41) is 3.55. The number of halogens is 2. The molecule has 33 heavy (non-hydrogen) atoms. The van der Waals surface area contributed by atoms with Crippen molar-refractivity contribution in [3.8, 4) is 0 Å². The van der Waals surface area contributed by atoms with Crippen molar-refractivity contribution in [3.63, 3.8) is 0 Å². The highest BCUT2D eigenvalue weighted by Crippen LogP contribution is 2.27. The minimum atomic E-state index is -3.77. The van der Waals surface area contributed by atoms with Crippen LogP contribution in [-0.4, -0.2) is 50.0 Å². The van der Waals surface area contributed by atoms with E-state index in [0.717, 1.165) is 17.0 Å². The number of anilines is 1. The van der Waals surface area contributed by atoms with Gasteiger partial charge in [0.25, 0.3) is 0 Å². The van der Waals surface area contributed by atoms with Crippen LogP contribution in [0, 0.1) is 0 Å². The van der Waals surface area contributed by atoms with Gasteiger partial charge in [0.2, 0.25) is 21.8 Å². The number of sulfonamides is 1. The lowest BCUT2D eigenvalue weighted by molar-refractivity contribution is -0.139. The molecule has 2 unspecified atom stereocenters. The Morgan fingerprint density at radius 3 is 2.09 bits per heavy atom. The standard InChI is InChI=1S/C23H29Cl2N3O4S/c1-5-16(2)26-23(30)17(3)27(14-19-20(24)12-9-13-21(19)25)22(29)15-28(33(4,31)32)18-10-7-6-8-11-18/h6-13,16-17H,5,14-15H2,1-4H3,(H,26,30). The average Bonchev–Trinajstić information content (AvgIpc) is 2.76. The molecule has 2 rings (SSSR count). The van der Waals surface area contributed by atoms with E-state index >= 15 is 0 Å². The van der Waals surface area contributed by atoms with Crippen LogP contribution < -0.4 is 9.62 Å². The number of hydrogen-bond acceptors (Lipinski definition) is 4. The van der Waals surface area contributed by atoms with E-state index in [9.17, 15) is 18.0 Å². The monoisotopic (exact) mass is 513 g/mol. The first-order chi connectivity index (χ1) is 15.5. The number of rotatable bonds is 10. The first-order valence-electron chi connectivity index (χ1n) is 10.5. The van der Waals surface area contributed by atoms with Gasteiger partial charge in [0.05, 0.1) is 11.9 Å². The third kappa shape index (κ3) is 7.35. The smallest absolute Gasteiger partial charge is 0.244 e. The molecule has 2 amide bonds.